The van der Waals surface area contributed by atoms with Crippen LogP contribution >= 0.6 is 11.8 Å². The number of rotatable bonds is 7. The minimum absolute atomic E-state index is 0.0102. The summed E-state index contributed by atoms with van der Waals surface area (Å²) in [5, 5.41) is 8.54. The summed E-state index contributed by atoms with van der Waals surface area (Å²) in [7, 11) is 0. The number of carboxylic acids is 1. The first-order valence-electron chi connectivity index (χ1n) is 6.59. The van der Waals surface area contributed by atoms with Crippen LogP contribution in [0.2, 0.25) is 0 Å². The average Bonchev–Trinajstić information content (AvgIpc) is 2.73. The van der Waals surface area contributed by atoms with E-state index >= 15 is 0 Å². The zero-order valence-corrected chi connectivity index (χ0v) is 12.0. The molecule has 4 nitrogen and oxygen atoms in total. The van der Waals surface area contributed by atoms with E-state index in [1.54, 1.807) is 0 Å². The number of carbonyl (C=O) groups excluding carboxylic acids is 1. The lowest BCUT2D eigenvalue weighted by Gasteiger charge is -2.25. The van der Waals surface area contributed by atoms with Gasteiger partial charge < -0.3 is 10.0 Å². The molecule has 0 aliphatic carbocycles. The van der Waals surface area contributed by atoms with E-state index in [1.165, 1.54) is 11.8 Å². The van der Waals surface area contributed by atoms with E-state index < -0.39 is 5.97 Å². The highest BCUT2D eigenvalue weighted by molar-refractivity contribution is 8.00. The van der Waals surface area contributed by atoms with Crippen molar-refractivity contribution in [2.45, 2.75) is 45.6 Å². The first-order valence-corrected chi connectivity index (χ1v) is 7.75. The third kappa shape index (κ3) is 5.29. The molecule has 0 aromatic carbocycles. The van der Waals surface area contributed by atoms with Gasteiger partial charge in [-0.1, -0.05) is 13.8 Å². The van der Waals surface area contributed by atoms with Gasteiger partial charge in [0.25, 0.3) is 0 Å². The summed E-state index contributed by atoms with van der Waals surface area (Å²) in [6, 6.07) is 0.380. The Morgan fingerprint density at radius 2 is 2.11 bits per heavy atom. The van der Waals surface area contributed by atoms with Gasteiger partial charge in [0.2, 0.25) is 5.91 Å². The normalized spacial score (nSPS) is 19.5. The lowest BCUT2D eigenvalue weighted by atomic mass is 10.0. The first kappa shape index (κ1) is 15.3. The number of nitrogens with zero attached hydrogens (tertiary/aromatic N) is 1. The van der Waals surface area contributed by atoms with E-state index in [0.29, 0.717) is 17.7 Å². The van der Waals surface area contributed by atoms with Gasteiger partial charge in [-0.15, -0.1) is 11.8 Å². The number of carboxylic acid groups (broad SMARTS) is 1. The second-order valence-electron chi connectivity index (χ2n) is 5.24. The molecule has 5 heteroatoms. The van der Waals surface area contributed by atoms with Crippen LogP contribution in [0, 0.1) is 5.92 Å². The molecule has 0 saturated carbocycles. The van der Waals surface area contributed by atoms with Crippen LogP contribution in [0.15, 0.2) is 0 Å². The molecule has 0 radical (unpaired) electrons. The molecule has 104 valence electrons. The molecule has 1 saturated heterocycles. The van der Waals surface area contributed by atoms with E-state index in [2.05, 4.69) is 13.8 Å². The molecule has 1 unspecified atom stereocenters. The molecule has 0 spiro atoms. The molecule has 1 aliphatic heterocycles. The van der Waals surface area contributed by atoms with Crippen LogP contribution in [0.25, 0.3) is 0 Å². The lowest BCUT2D eigenvalue weighted by Crippen LogP contribution is -2.37. The third-order valence-corrected chi connectivity index (χ3v) is 4.13. The van der Waals surface area contributed by atoms with E-state index in [1.807, 2.05) is 4.90 Å². The van der Waals surface area contributed by atoms with Gasteiger partial charge >= 0.3 is 5.97 Å². The fraction of sp³-hybridized carbons (Fsp3) is 0.846. The standard InChI is InChI=1S/C13H23NO3S/c1-10(2)5-6-11-4-3-7-14(11)12(15)8-18-9-13(16)17/h10-11H,3-9H2,1-2H3,(H,16,17). The number of likely N-dealkylation sites (tertiary alicyclic amines) is 1. The fourth-order valence-electron chi connectivity index (χ4n) is 2.30. The Morgan fingerprint density at radius 3 is 2.72 bits per heavy atom. The van der Waals surface area contributed by atoms with Crippen LogP contribution < -0.4 is 0 Å². The van der Waals surface area contributed by atoms with Crippen molar-refractivity contribution in [3.8, 4) is 0 Å². The number of amides is 1. The van der Waals surface area contributed by atoms with Crippen LogP contribution in [0.5, 0.6) is 0 Å². The second-order valence-corrected chi connectivity index (χ2v) is 6.23. The van der Waals surface area contributed by atoms with Crippen molar-refractivity contribution in [1.29, 1.82) is 0 Å². The van der Waals surface area contributed by atoms with Gasteiger partial charge in [0.1, 0.15) is 0 Å². The SMILES string of the molecule is CC(C)CCC1CCCN1C(=O)CSCC(=O)O. The maximum Gasteiger partial charge on any atom is 0.313 e. The van der Waals surface area contributed by atoms with Gasteiger partial charge in [0, 0.05) is 12.6 Å². The molecule has 1 N–H and O–H groups in total. The van der Waals surface area contributed by atoms with Gasteiger partial charge in [-0.3, -0.25) is 9.59 Å². The average molecular weight is 273 g/mol. The van der Waals surface area contributed by atoms with Gasteiger partial charge in [-0.05, 0) is 31.6 Å². The van der Waals surface area contributed by atoms with Crippen LogP contribution in [-0.2, 0) is 9.59 Å². The third-order valence-electron chi connectivity index (χ3n) is 3.23. The molecule has 1 rings (SSSR count). The molecule has 1 atom stereocenters. The smallest absolute Gasteiger partial charge is 0.313 e. The van der Waals surface area contributed by atoms with Crippen LogP contribution in [0.4, 0.5) is 0 Å². The fourth-order valence-corrected chi connectivity index (χ4v) is 2.92. The quantitative estimate of drug-likeness (QED) is 0.773. The van der Waals surface area contributed by atoms with Gasteiger partial charge in [-0.2, -0.15) is 0 Å². The monoisotopic (exact) mass is 273 g/mol. The lowest BCUT2D eigenvalue weighted by molar-refractivity contribution is -0.133. The molecule has 1 fully saturated rings. The Kier molecular flexibility index (Phi) is 6.54. The highest BCUT2D eigenvalue weighted by atomic mass is 32.2. The summed E-state index contributed by atoms with van der Waals surface area (Å²) >= 11 is 1.19. The van der Waals surface area contributed by atoms with Crippen molar-refractivity contribution in [2.75, 3.05) is 18.1 Å². The molecule has 18 heavy (non-hydrogen) atoms. The van der Waals surface area contributed by atoms with Crippen molar-refractivity contribution in [2.24, 2.45) is 5.92 Å². The molecule has 1 heterocycles. The molecular weight excluding hydrogens is 250 g/mol. The van der Waals surface area contributed by atoms with Crippen molar-refractivity contribution in [3.05, 3.63) is 0 Å². The molecular formula is C13H23NO3S. The maximum atomic E-state index is 12.0. The summed E-state index contributed by atoms with van der Waals surface area (Å²) in [4.78, 5) is 24.3. The molecule has 1 amide bonds. The Bertz CT molecular complexity index is 294. The van der Waals surface area contributed by atoms with Crippen molar-refractivity contribution in [3.63, 3.8) is 0 Å². The summed E-state index contributed by atoms with van der Waals surface area (Å²) < 4.78 is 0. The number of carbonyl (C=O) groups is 2. The van der Waals surface area contributed by atoms with Crippen molar-refractivity contribution >= 4 is 23.6 Å². The zero-order valence-electron chi connectivity index (χ0n) is 11.2. The summed E-state index contributed by atoms with van der Waals surface area (Å²) in [5.41, 5.74) is 0. The van der Waals surface area contributed by atoms with Crippen LogP contribution in [0.1, 0.15) is 39.5 Å². The number of hydrogen-bond donors (Lipinski definition) is 1. The Morgan fingerprint density at radius 1 is 1.39 bits per heavy atom. The van der Waals surface area contributed by atoms with Crippen molar-refractivity contribution < 1.29 is 14.7 Å². The minimum atomic E-state index is -0.856. The van der Waals surface area contributed by atoms with E-state index in [0.717, 1.165) is 32.2 Å². The molecule has 0 bridgehead atoms. The summed E-state index contributed by atoms with van der Waals surface area (Å²) in [5.74, 6) is 0.225. The first-order chi connectivity index (χ1) is 8.50. The van der Waals surface area contributed by atoms with Crippen LogP contribution in [0.3, 0.4) is 0 Å². The topological polar surface area (TPSA) is 57.6 Å². The van der Waals surface area contributed by atoms with Crippen molar-refractivity contribution in [1.82, 2.24) is 4.90 Å². The summed E-state index contributed by atoms with van der Waals surface area (Å²) in [6.45, 7) is 5.24. The van der Waals surface area contributed by atoms with Crippen LogP contribution in [-0.4, -0.2) is 46.0 Å². The van der Waals surface area contributed by atoms with Gasteiger partial charge in [-0.25, -0.2) is 0 Å². The Labute approximate surface area is 113 Å². The largest absolute Gasteiger partial charge is 0.481 e. The Hall–Kier alpha value is -0.710. The second kappa shape index (κ2) is 7.67. The van der Waals surface area contributed by atoms with E-state index in [9.17, 15) is 9.59 Å². The highest BCUT2D eigenvalue weighted by Crippen LogP contribution is 2.24. The zero-order chi connectivity index (χ0) is 13.5. The van der Waals surface area contributed by atoms with E-state index in [-0.39, 0.29) is 11.7 Å². The van der Waals surface area contributed by atoms with E-state index in [4.69, 9.17) is 5.11 Å². The maximum absolute atomic E-state index is 12.0. The van der Waals surface area contributed by atoms with Gasteiger partial charge in [0.05, 0.1) is 11.5 Å². The molecule has 1 aliphatic rings. The highest BCUT2D eigenvalue weighted by Gasteiger charge is 2.28. The number of aliphatic carboxylic acids is 1. The predicted molar refractivity (Wildman–Crippen MR) is 73.8 cm³/mol. The predicted octanol–water partition coefficient (Wildman–Crippen LogP) is 2.23. The number of hydrogen-bond acceptors (Lipinski definition) is 3. The molecule has 0 aromatic rings. The van der Waals surface area contributed by atoms with Gasteiger partial charge in [0.15, 0.2) is 0 Å². The summed E-state index contributed by atoms with van der Waals surface area (Å²) in [6.07, 6.45) is 4.41. The minimum Gasteiger partial charge on any atom is -0.481 e. The number of thioether (sulfide) groups is 1. The molecule has 0 aromatic heterocycles. The Balaban J connectivity index is 2.33.